The van der Waals surface area contributed by atoms with E-state index in [-0.39, 0.29) is 13.2 Å². The highest BCUT2D eigenvalue weighted by Crippen LogP contribution is 2.01. The number of rotatable bonds is 8. The zero-order chi connectivity index (χ0) is 18.0. The Labute approximate surface area is 130 Å². The number of hydrogen-bond acceptors (Lipinski definition) is 6. The lowest BCUT2D eigenvalue weighted by atomic mass is 10.2. The lowest BCUT2D eigenvalue weighted by Crippen LogP contribution is -2.20. The van der Waals surface area contributed by atoms with Crippen molar-refractivity contribution >= 4 is 17.9 Å². The highest BCUT2D eigenvalue weighted by Gasteiger charge is 2.02. The zero-order valence-corrected chi connectivity index (χ0v) is 13.4. The van der Waals surface area contributed by atoms with Crippen LogP contribution in [-0.2, 0) is 19.1 Å². The number of carboxylic acids is 2. The summed E-state index contributed by atoms with van der Waals surface area (Å²) in [6.07, 6.45) is 3.60. The molecular weight excluding hydrogens is 296 g/mol. The molecule has 0 aromatic heterocycles. The van der Waals surface area contributed by atoms with Gasteiger partial charge in [-0.3, -0.25) is 14.4 Å². The van der Waals surface area contributed by atoms with Crippen LogP contribution in [0.25, 0.3) is 0 Å². The van der Waals surface area contributed by atoms with E-state index in [4.69, 9.17) is 25.2 Å². The third-order valence-corrected chi connectivity index (χ3v) is 1.93. The standard InChI is InChI=1S/C7H14O2.C5H10O4.C2H4O2/c1-2-3-4-5-6-7(8)9;1-4(7)9-3-5(8)2-6;1-2(3)4/h2-6H2,1H3,(H,8,9);5-6,8H,2-3H2,1H3;1H3,(H,3,4). The van der Waals surface area contributed by atoms with Crippen molar-refractivity contribution in [3.63, 3.8) is 0 Å². The van der Waals surface area contributed by atoms with E-state index in [1.165, 1.54) is 13.3 Å². The predicted molar refractivity (Wildman–Crippen MR) is 79.4 cm³/mol. The largest absolute Gasteiger partial charge is 0.481 e. The van der Waals surface area contributed by atoms with E-state index in [1.54, 1.807) is 0 Å². The van der Waals surface area contributed by atoms with Gasteiger partial charge in [0.1, 0.15) is 12.7 Å². The third kappa shape index (κ3) is 42.9. The average molecular weight is 324 g/mol. The van der Waals surface area contributed by atoms with E-state index in [0.717, 1.165) is 26.2 Å². The van der Waals surface area contributed by atoms with Gasteiger partial charge in [-0.25, -0.2) is 0 Å². The maximum Gasteiger partial charge on any atom is 0.303 e. The third-order valence-electron chi connectivity index (χ3n) is 1.93. The normalized spacial score (nSPS) is 10.2. The molecule has 0 rings (SSSR count). The molecule has 0 aliphatic heterocycles. The van der Waals surface area contributed by atoms with Crippen LogP contribution in [0.1, 0.15) is 52.9 Å². The van der Waals surface area contributed by atoms with E-state index in [0.29, 0.717) is 6.42 Å². The fraction of sp³-hybridized carbons (Fsp3) is 0.786. The molecule has 4 N–H and O–H groups in total. The van der Waals surface area contributed by atoms with Crippen LogP contribution in [0.15, 0.2) is 0 Å². The van der Waals surface area contributed by atoms with Gasteiger partial charge >= 0.3 is 11.9 Å². The van der Waals surface area contributed by atoms with Gasteiger partial charge in [0.05, 0.1) is 6.61 Å². The molecule has 0 aromatic carbocycles. The Bertz CT molecular complexity index is 287. The number of carbonyl (C=O) groups is 3. The van der Waals surface area contributed by atoms with Crippen LogP contribution in [0.3, 0.4) is 0 Å². The van der Waals surface area contributed by atoms with Crippen molar-refractivity contribution in [2.24, 2.45) is 0 Å². The summed E-state index contributed by atoms with van der Waals surface area (Å²) in [4.78, 5) is 29.0. The van der Waals surface area contributed by atoms with Crippen LogP contribution in [0.2, 0.25) is 0 Å². The Balaban J connectivity index is -0.000000266. The Hall–Kier alpha value is -1.67. The first-order valence-electron chi connectivity index (χ1n) is 7.00. The molecule has 0 radical (unpaired) electrons. The van der Waals surface area contributed by atoms with E-state index >= 15 is 0 Å². The van der Waals surface area contributed by atoms with Crippen LogP contribution in [0.4, 0.5) is 0 Å². The summed E-state index contributed by atoms with van der Waals surface area (Å²) >= 11 is 0. The summed E-state index contributed by atoms with van der Waals surface area (Å²) in [5, 5.41) is 32.4. The molecule has 0 fully saturated rings. The molecule has 0 spiro atoms. The summed E-state index contributed by atoms with van der Waals surface area (Å²) in [7, 11) is 0. The van der Waals surface area contributed by atoms with Gasteiger partial charge in [-0.05, 0) is 6.42 Å². The van der Waals surface area contributed by atoms with Crippen molar-refractivity contribution in [1.82, 2.24) is 0 Å². The van der Waals surface area contributed by atoms with Crippen LogP contribution in [-0.4, -0.2) is 57.7 Å². The fourth-order valence-electron chi connectivity index (χ4n) is 0.969. The number of ether oxygens (including phenoxy) is 1. The molecule has 0 bridgehead atoms. The summed E-state index contributed by atoms with van der Waals surface area (Å²) < 4.78 is 4.35. The summed E-state index contributed by atoms with van der Waals surface area (Å²) in [6.45, 7) is 3.92. The number of aliphatic hydroxyl groups is 2. The zero-order valence-electron chi connectivity index (χ0n) is 13.4. The molecule has 0 aliphatic carbocycles. The minimum atomic E-state index is -0.950. The van der Waals surface area contributed by atoms with Crippen molar-refractivity contribution in [3.8, 4) is 0 Å². The lowest BCUT2D eigenvalue weighted by Gasteiger charge is -2.05. The molecule has 0 aromatic rings. The highest BCUT2D eigenvalue weighted by atomic mass is 16.5. The molecule has 22 heavy (non-hydrogen) atoms. The van der Waals surface area contributed by atoms with E-state index in [1.807, 2.05) is 0 Å². The Morgan fingerprint density at radius 1 is 1.05 bits per heavy atom. The smallest absolute Gasteiger partial charge is 0.303 e. The fourth-order valence-corrected chi connectivity index (χ4v) is 0.969. The SMILES string of the molecule is CC(=O)O.CC(=O)OCC(O)CO.CCCCCCC(=O)O. The molecule has 0 amide bonds. The number of hydrogen-bond donors (Lipinski definition) is 4. The summed E-state index contributed by atoms with van der Waals surface area (Å²) in [5.74, 6) is -1.96. The number of carboxylic acid groups (broad SMARTS) is 2. The maximum atomic E-state index is 10.0. The molecule has 132 valence electrons. The second-order valence-corrected chi connectivity index (χ2v) is 4.36. The molecule has 0 aliphatic rings. The van der Waals surface area contributed by atoms with Gasteiger partial charge in [0.25, 0.3) is 5.97 Å². The molecule has 0 saturated carbocycles. The van der Waals surface area contributed by atoms with Crippen LogP contribution in [0.5, 0.6) is 0 Å². The van der Waals surface area contributed by atoms with E-state index in [2.05, 4.69) is 11.7 Å². The van der Waals surface area contributed by atoms with Gasteiger partial charge in [0, 0.05) is 20.3 Å². The molecule has 8 nitrogen and oxygen atoms in total. The first-order chi connectivity index (χ1) is 10.2. The minimum absolute atomic E-state index is 0.133. The van der Waals surface area contributed by atoms with Gasteiger partial charge in [0.2, 0.25) is 0 Å². The molecule has 0 saturated heterocycles. The van der Waals surface area contributed by atoms with Crippen LogP contribution < -0.4 is 0 Å². The lowest BCUT2D eigenvalue weighted by molar-refractivity contribution is -0.144. The van der Waals surface area contributed by atoms with Gasteiger partial charge in [-0.15, -0.1) is 0 Å². The van der Waals surface area contributed by atoms with E-state index < -0.39 is 24.0 Å². The molecule has 1 atom stereocenters. The summed E-state index contributed by atoms with van der Waals surface area (Å²) in [6, 6.07) is 0. The minimum Gasteiger partial charge on any atom is -0.481 e. The molecule has 0 heterocycles. The number of carbonyl (C=O) groups excluding carboxylic acids is 1. The van der Waals surface area contributed by atoms with Crippen molar-refractivity contribution < 1.29 is 39.5 Å². The first-order valence-corrected chi connectivity index (χ1v) is 7.00. The molecular formula is C14H28O8. The Morgan fingerprint density at radius 3 is 1.86 bits per heavy atom. The quantitative estimate of drug-likeness (QED) is 0.383. The monoisotopic (exact) mass is 324 g/mol. The first kappa shape index (κ1) is 25.3. The van der Waals surface area contributed by atoms with Gasteiger partial charge in [-0.2, -0.15) is 0 Å². The van der Waals surface area contributed by atoms with Crippen molar-refractivity contribution in [1.29, 1.82) is 0 Å². The predicted octanol–water partition coefficient (Wildman–Crippen LogP) is 1.03. The van der Waals surface area contributed by atoms with E-state index in [9.17, 15) is 9.59 Å². The number of aliphatic carboxylic acids is 2. The maximum absolute atomic E-state index is 10.0. The van der Waals surface area contributed by atoms with Crippen LogP contribution in [0, 0.1) is 0 Å². The Morgan fingerprint density at radius 2 is 1.55 bits per heavy atom. The average Bonchev–Trinajstić information content (AvgIpc) is 2.41. The van der Waals surface area contributed by atoms with Crippen molar-refractivity contribution in [2.75, 3.05) is 13.2 Å². The van der Waals surface area contributed by atoms with Crippen molar-refractivity contribution in [2.45, 2.75) is 59.0 Å². The number of unbranched alkanes of at least 4 members (excludes halogenated alkanes) is 3. The van der Waals surface area contributed by atoms with Crippen molar-refractivity contribution in [3.05, 3.63) is 0 Å². The van der Waals surface area contributed by atoms with Gasteiger partial charge in [-0.1, -0.05) is 26.2 Å². The topological polar surface area (TPSA) is 141 Å². The second-order valence-electron chi connectivity index (χ2n) is 4.36. The highest BCUT2D eigenvalue weighted by molar-refractivity contribution is 5.66. The van der Waals surface area contributed by atoms with Crippen LogP contribution >= 0.6 is 0 Å². The number of esters is 1. The second kappa shape index (κ2) is 19.3. The van der Waals surface area contributed by atoms with Gasteiger partial charge in [0.15, 0.2) is 0 Å². The number of aliphatic hydroxyl groups excluding tert-OH is 2. The Kier molecular flexibility index (Phi) is 22.2. The van der Waals surface area contributed by atoms with Gasteiger partial charge < -0.3 is 25.2 Å². The molecule has 1 unspecified atom stereocenters. The summed E-state index contributed by atoms with van der Waals surface area (Å²) in [5.41, 5.74) is 0. The molecule has 8 heteroatoms.